The summed E-state index contributed by atoms with van der Waals surface area (Å²) in [5.74, 6) is -0.215. The highest BCUT2D eigenvalue weighted by Crippen LogP contribution is 2.20. The second kappa shape index (κ2) is 7.06. The number of aromatic hydroxyl groups is 1. The number of hydrogen-bond acceptors (Lipinski definition) is 4. The summed E-state index contributed by atoms with van der Waals surface area (Å²) in [6.45, 7) is 3.81. The number of aromatic nitrogens is 2. The topological polar surface area (TPSA) is 79.5 Å². The van der Waals surface area contributed by atoms with Gasteiger partial charge < -0.3 is 5.11 Å². The Balaban J connectivity index is 1.99. The fourth-order valence-electron chi connectivity index (χ4n) is 1.80. The van der Waals surface area contributed by atoms with Crippen LogP contribution in [-0.2, 0) is 11.3 Å². The molecule has 0 aliphatic heterocycles. The van der Waals surface area contributed by atoms with Crippen molar-refractivity contribution in [1.29, 1.82) is 0 Å². The minimum absolute atomic E-state index is 0.0695. The minimum atomic E-state index is -0.302. The van der Waals surface area contributed by atoms with Crippen molar-refractivity contribution in [3.8, 4) is 5.75 Å². The average molecular weight is 430 g/mol. The number of aryl methyl sites for hydroxylation is 1. The van der Waals surface area contributed by atoms with Crippen molar-refractivity contribution in [2.24, 2.45) is 5.10 Å². The lowest BCUT2D eigenvalue weighted by Gasteiger charge is -2.03. The number of hydrazone groups is 1. The molecule has 2 rings (SSSR count). The van der Waals surface area contributed by atoms with E-state index in [9.17, 15) is 9.90 Å². The van der Waals surface area contributed by atoms with E-state index in [1.165, 1.54) is 6.21 Å². The monoisotopic (exact) mass is 428 g/mol. The fourth-order valence-corrected chi connectivity index (χ4v) is 2.47. The predicted octanol–water partition coefficient (Wildman–Crippen LogP) is 2.88. The van der Waals surface area contributed by atoms with Gasteiger partial charge in [0.05, 0.1) is 22.1 Å². The number of carbonyl (C=O) groups is 1. The van der Waals surface area contributed by atoms with Crippen molar-refractivity contribution >= 4 is 44.0 Å². The van der Waals surface area contributed by atoms with Crippen LogP contribution in [-0.4, -0.2) is 27.0 Å². The molecule has 0 fully saturated rings. The number of halogens is 2. The number of phenols is 1. The molecule has 0 saturated heterocycles. The van der Waals surface area contributed by atoms with Gasteiger partial charge in [0.2, 0.25) is 0 Å². The molecule has 0 spiro atoms. The van der Waals surface area contributed by atoms with Gasteiger partial charge in [-0.3, -0.25) is 9.48 Å². The van der Waals surface area contributed by atoms with Crippen LogP contribution in [0.3, 0.4) is 0 Å². The summed E-state index contributed by atoms with van der Waals surface area (Å²) in [5.41, 5.74) is 4.62. The first-order chi connectivity index (χ1) is 10.4. The molecule has 1 aromatic heterocycles. The number of phenolic OH excluding ortho intramolecular Hbond substituents is 1. The van der Waals surface area contributed by atoms with E-state index in [0.717, 1.165) is 20.3 Å². The maximum Gasteiger partial charge on any atom is 0.261 e. The lowest BCUT2D eigenvalue weighted by molar-refractivity contribution is -0.121. The molecular weight excluding hydrogens is 416 g/mol. The van der Waals surface area contributed by atoms with Crippen LogP contribution in [0.4, 0.5) is 0 Å². The van der Waals surface area contributed by atoms with Crippen molar-refractivity contribution in [2.75, 3.05) is 0 Å². The highest BCUT2D eigenvalue weighted by molar-refractivity contribution is 9.10. The van der Waals surface area contributed by atoms with Gasteiger partial charge in [0.25, 0.3) is 5.91 Å². The maximum atomic E-state index is 11.9. The molecule has 0 saturated carbocycles. The number of rotatable bonds is 4. The molecule has 1 heterocycles. The van der Waals surface area contributed by atoms with Crippen LogP contribution in [0.15, 0.2) is 32.2 Å². The van der Waals surface area contributed by atoms with Crippen LogP contribution in [0, 0.1) is 13.8 Å². The number of nitrogens with zero attached hydrogens (tertiary/aromatic N) is 3. The Kier molecular flexibility index (Phi) is 5.36. The van der Waals surface area contributed by atoms with Gasteiger partial charge in [-0.2, -0.15) is 10.2 Å². The third kappa shape index (κ3) is 3.95. The summed E-state index contributed by atoms with van der Waals surface area (Å²) < 4.78 is 3.30. The lowest BCUT2D eigenvalue weighted by atomic mass is 10.2. The summed E-state index contributed by atoms with van der Waals surface area (Å²) in [7, 11) is 0. The van der Waals surface area contributed by atoms with E-state index < -0.39 is 0 Å². The Morgan fingerprint density at radius 3 is 2.82 bits per heavy atom. The Hall–Kier alpha value is -1.67. The van der Waals surface area contributed by atoms with Gasteiger partial charge in [0.15, 0.2) is 0 Å². The molecule has 2 aromatic rings. The van der Waals surface area contributed by atoms with Crippen LogP contribution in [0.1, 0.15) is 17.0 Å². The smallest absolute Gasteiger partial charge is 0.261 e. The minimum Gasteiger partial charge on any atom is -0.507 e. The Morgan fingerprint density at radius 1 is 1.45 bits per heavy atom. The first kappa shape index (κ1) is 16.7. The number of hydrogen-bond donors (Lipinski definition) is 2. The van der Waals surface area contributed by atoms with Crippen molar-refractivity contribution < 1.29 is 9.90 Å². The zero-order valence-electron chi connectivity index (χ0n) is 12.0. The standard InChI is InChI=1S/C14H14Br2N4O2/c1-8-14(16)9(2)20(19-8)7-13(22)18-17-6-10-5-11(15)3-4-12(10)21/h3-6,21H,7H2,1-2H3,(H,18,22)/b17-6+. The van der Waals surface area contributed by atoms with Crippen molar-refractivity contribution in [3.05, 3.63) is 44.1 Å². The molecule has 0 aliphatic carbocycles. The fraction of sp³-hybridized carbons (Fsp3) is 0.214. The molecule has 2 N–H and O–H groups in total. The van der Waals surface area contributed by atoms with Gasteiger partial charge in [0, 0.05) is 10.0 Å². The highest BCUT2D eigenvalue weighted by atomic mass is 79.9. The summed E-state index contributed by atoms with van der Waals surface area (Å²) in [4.78, 5) is 11.9. The molecule has 0 aliphatic rings. The molecule has 6 nitrogen and oxygen atoms in total. The molecular formula is C14H14Br2N4O2. The van der Waals surface area contributed by atoms with Gasteiger partial charge in [-0.05, 0) is 48.0 Å². The quantitative estimate of drug-likeness (QED) is 0.579. The number of benzene rings is 1. The van der Waals surface area contributed by atoms with Gasteiger partial charge in [-0.25, -0.2) is 5.43 Å². The summed E-state index contributed by atoms with van der Waals surface area (Å²) in [6.07, 6.45) is 1.38. The normalized spacial score (nSPS) is 11.1. The number of carbonyl (C=O) groups excluding carboxylic acids is 1. The first-order valence-corrected chi connectivity index (χ1v) is 7.97. The van der Waals surface area contributed by atoms with E-state index in [-0.39, 0.29) is 18.2 Å². The molecule has 1 aromatic carbocycles. The molecule has 1 amide bonds. The number of amides is 1. The van der Waals surface area contributed by atoms with E-state index in [0.29, 0.717) is 5.56 Å². The van der Waals surface area contributed by atoms with E-state index in [2.05, 4.69) is 47.5 Å². The third-order valence-corrected chi connectivity index (χ3v) is 4.61. The van der Waals surface area contributed by atoms with Gasteiger partial charge in [-0.1, -0.05) is 15.9 Å². The molecule has 8 heteroatoms. The van der Waals surface area contributed by atoms with Crippen molar-refractivity contribution in [1.82, 2.24) is 15.2 Å². The number of nitrogens with one attached hydrogen (secondary N) is 1. The van der Waals surface area contributed by atoms with E-state index >= 15 is 0 Å². The van der Waals surface area contributed by atoms with Gasteiger partial charge >= 0.3 is 0 Å². The zero-order chi connectivity index (χ0) is 16.3. The molecule has 116 valence electrons. The molecule has 0 bridgehead atoms. The largest absolute Gasteiger partial charge is 0.507 e. The lowest BCUT2D eigenvalue weighted by Crippen LogP contribution is -2.24. The Bertz CT molecular complexity index is 741. The third-order valence-electron chi connectivity index (χ3n) is 2.97. The summed E-state index contributed by atoms with van der Waals surface area (Å²) >= 11 is 6.71. The second-order valence-corrected chi connectivity index (χ2v) is 6.35. The predicted molar refractivity (Wildman–Crippen MR) is 90.9 cm³/mol. The van der Waals surface area contributed by atoms with Gasteiger partial charge in [-0.15, -0.1) is 0 Å². The maximum absolute atomic E-state index is 11.9. The molecule has 22 heavy (non-hydrogen) atoms. The summed E-state index contributed by atoms with van der Waals surface area (Å²) in [5, 5.41) is 17.8. The van der Waals surface area contributed by atoms with E-state index in [1.807, 2.05) is 13.8 Å². The van der Waals surface area contributed by atoms with E-state index in [4.69, 9.17) is 0 Å². The average Bonchev–Trinajstić information content (AvgIpc) is 2.70. The zero-order valence-corrected chi connectivity index (χ0v) is 15.1. The Morgan fingerprint density at radius 2 is 2.18 bits per heavy atom. The highest BCUT2D eigenvalue weighted by Gasteiger charge is 2.11. The molecule has 0 atom stereocenters. The van der Waals surface area contributed by atoms with Crippen molar-refractivity contribution in [3.63, 3.8) is 0 Å². The van der Waals surface area contributed by atoms with Crippen molar-refractivity contribution in [2.45, 2.75) is 20.4 Å². The summed E-state index contributed by atoms with van der Waals surface area (Å²) in [6, 6.07) is 4.95. The van der Waals surface area contributed by atoms with Crippen LogP contribution in [0.25, 0.3) is 0 Å². The second-order valence-electron chi connectivity index (χ2n) is 4.64. The van der Waals surface area contributed by atoms with Crippen LogP contribution in [0.2, 0.25) is 0 Å². The van der Waals surface area contributed by atoms with Crippen LogP contribution in [0.5, 0.6) is 5.75 Å². The molecule has 0 radical (unpaired) electrons. The van der Waals surface area contributed by atoms with Crippen LogP contribution < -0.4 is 5.43 Å². The van der Waals surface area contributed by atoms with E-state index in [1.54, 1.807) is 22.9 Å². The van der Waals surface area contributed by atoms with Crippen LogP contribution >= 0.6 is 31.9 Å². The van der Waals surface area contributed by atoms with Gasteiger partial charge in [0.1, 0.15) is 12.3 Å². The Labute approximate surface area is 144 Å². The SMILES string of the molecule is Cc1nn(CC(=O)N/N=C/c2cc(Br)ccc2O)c(C)c1Br. The first-order valence-electron chi connectivity index (χ1n) is 6.38. The molecule has 0 unspecified atom stereocenters.